The van der Waals surface area contributed by atoms with Crippen LogP contribution in [0.5, 0.6) is 0 Å². The molecule has 0 aromatic carbocycles. The summed E-state index contributed by atoms with van der Waals surface area (Å²) in [6.45, 7) is 0. The van der Waals surface area contributed by atoms with Crippen LogP contribution in [0.1, 0.15) is 0 Å². The molecule has 0 bridgehead atoms. The summed E-state index contributed by atoms with van der Waals surface area (Å²) >= 11 is 0.194. The Hall–Kier alpha value is 1.02. The van der Waals surface area contributed by atoms with Gasteiger partial charge in [0.15, 0.2) is 0 Å². The van der Waals surface area contributed by atoms with Crippen molar-refractivity contribution in [2.24, 2.45) is 0 Å². The molecule has 2 radical (unpaired) electrons. The van der Waals surface area contributed by atoms with Crippen molar-refractivity contribution >= 4 is 42.1 Å². The van der Waals surface area contributed by atoms with Crippen LogP contribution in [0.25, 0.3) is 0 Å². The summed E-state index contributed by atoms with van der Waals surface area (Å²) in [5.41, 5.74) is 0. The quantitative estimate of drug-likeness (QED) is 0.447. The zero-order valence-corrected chi connectivity index (χ0v) is 8.35. The summed E-state index contributed by atoms with van der Waals surface area (Å²) in [7, 11) is 0. The second kappa shape index (κ2) is 382. The molecular formula is H6AlBiO6. The van der Waals surface area contributed by atoms with Gasteiger partial charge in [-0.05, 0) is 0 Å². The third kappa shape index (κ3) is 246. The molecule has 0 spiro atoms. The van der Waals surface area contributed by atoms with E-state index in [-0.39, 0.29) is 69.5 Å². The molecule has 0 atom stereocenters. The molecule has 0 rings (SSSR count). The third-order valence-corrected chi connectivity index (χ3v) is 0. The molecule has 0 fully saturated rings. The van der Waals surface area contributed by atoms with E-state index in [0.29, 0.717) is 0 Å². The van der Waals surface area contributed by atoms with Crippen molar-refractivity contribution in [3.8, 4) is 0 Å². The third-order valence-electron chi connectivity index (χ3n) is 0. The average molecular weight is 338 g/mol. The zero-order valence-electron chi connectivity index (χ0n) is 3.72. The van der Waals surface area contributed by atoms with E-state index in [1.807, 2.05) is 0 Å². The Morgan fingerprint density at radius 1 is 0.750 bits per heavy atom. The summed E-state index contributed by atoms with van der Waals surface area (Å²) in [6, 6.07) is 0. The van der Waals surface area contributed by atoms with Crippen molar-refractivity contribution in [3.63, 3.8) is 0 Å². The first-order chi connectivity index (χ1) is 1.00. The van der Waals surface area contributed by atoms with Crippen molar-refractivity contribution in [1.29, 1.82) is 0 Å². The molecule has 0 aromatic rings. The SMILES string of the molecule is O.[Al+3].[OH-].[OH-].[OH-].[OH-].[O]=[Bi+]. The normalized spacial score (nSPS) is 0.500. The Kier molecular flexibility index (Phi) is 6820. The summed E-state index contributed by atoms with van der Waals surface area (Å²) < 4.78 is 8.36. The molecule has 0 saturated heterocycles. The van der Waals surface area contributed by atoms with Crippen molar-refractivity contribution in [1.82, 2.24) is 0 Å². The van der Waals surface area contributed by atoms with Crippen LogP contribution >= 0.6 is 0 Å². The van der Waals surface area contributed by atoms with Crippen molar-refractivity contribution < 1.29 is 30.2 Å². The minimum absolute atomic E-state index is 0. The molecular weight excluding hydrogens is 332 g/mol. The van der Waals surface area contributed by atoms with Crippen LogP contribution in [0, 0.1) is 0 Å². The van der Waals surface area contributed by atoms with Gasteiger partial charge in [-0.2, -0.15) is 0 Å². The van der Waals surface area contributed by atoms with Gasteiger partial charge in [0.1, 0.15) is 0 Å². The van der Waals surface area contributed by atoms with Crippen LogP contribution in [0.4, 0.5) is 0 Å². The molecule has 0 heterocycles. The fourth-order valence-electron chi connectivity index (χ4n) is 0. The van der Waals surface area contributed by atoms with Crippen LogP contribution in [0.2, 0.25) is 0 Å². The molecule has 0 aliphatic heterocycles. The van der Waals surface area contributed by atoms with Gasteiger partial charge >= 0.3 is 44.9 Å². The zero-order chi connectivity index (χ0) is 2.00. The van der Waals surface area contributed by atoms with E-state index >= 15 is 0 Å². The van der Waals surface area contributed by atoms with Gasteiger partial charge in [0.25, 0.3) is 0 Å². The first-order valence-corrected chi connectivity index (χ1v) is 1.60. The molecule has 0 unspecified atom stereocenters. The second-order valence-electron chi connectivity index (χ2n) is 0. The maximum atomic E-state index is 8.36. The van der Waals surface area contributed by atoms with Crippen LogP contribution < -0.4 is 0 Å². The van der Waals surface area contributed by atoms with E-state index in [1.165, 1.54) is 0 Å². The molecule has 0 amide bonds. The van der Waals surface area contributed by atoms with Crippen molar-refractivity contribution in [3.05, 3.63) is 0 Å². The van der Waals surface area contributed by atoms with Crippen molar-refractivity contribution in [2.75, 3.05) is 0 Å². The Bertz CT molecular complexity index is 8.49. The van der Waals surface area contributed by atoms with Crippen molar-refractivity contribution in [2.45, 2.75) is 0 Å². The molecule has 8 heteroatoms. The molecule has 6 N–H and O–H groups in total. The Morgan fingerprint density at radius 2 is 0.750 bits per heavy atom. The van der Waals surface area contributed by atoms with Crippen LogP contribution in [-0.2, 0) is 2.81 Å². The van der Waals surface area contributed by atoms with Gasteiger partial charge in [0.05, 0.1) is 0 Å². The predicted octanol–water partition coefficient (Wildman–Crippen LogP) is -2.41. The summed E-state index contributed by atoms with van der Waals surface area (Å²) in [4.78, 5) is 0. The Balaban J connectivity index is -0.000000000333. The topological polar surface area (TPSA) is 169 Å². The fourth-order valence-corrected chi connectivity index (χ4v) is 0. The molecule has 0 saturated carbocycles. The molecule has 0 aromatic heterocycles. The van der Waals surface area contributed by atoms with Gasteiger partial charge in [-0.15, -0.1) is 0 Å². The number of hydrogen-bond donors (Lipinski definition) is 0. The van der Waals surface area contributed by atoms with Gasteiger partial charge < -0.3 is 27.4 Å². The molecule has 8 heavy (non-hydrogen) atoms. The van der Waals surface area contributed by atoms with Gasteiger partial charge in [-0.3, -0.25) is 0 Å². The van der Waals surface area contributed by atoms with E-state index < -0.39 is 0 Å². The van der Waals surface area contributed by atoms with Gasteiger partial charge in [-0.25, -0.2) is 0 Å². The molecule has 50 valence electrons. The van der Waals surface area contributed by atoms with Gasteiger partial charge in [0.2, 0.25) is 0 Å². The maximum absolute atomic E-state index is 8.36. The monoisotopic (exact) mass is 338 g/mol. The van der Waals surface area contributed by atoms with E-state index in [9.17, 15) is 0 Å². The molecule has 0 aliphatic carbocycles. The average Bonchev–Trinajstić information content (AvgIpc) is 1.00. The Morgan fingerprint density at radius 3 is 0.750 bits per heavy atom. The van der Waals surface area contributed by atoms with E-state index in [1.54, 1.807) is 0 Å². The van der Waals surface area contributed by atoms with E-state index in [4.69, 9.17) is 2.81 Å². The fraction of sp³-hybridized carbons (Fsp3) is 0. The number of rotatable bonds is 0. The summed E-state index contributed by atoms with van der Waals surface area (Å²) in [6.07, 6.45) is 0. The van der Waals surface area contributed by atoms with Gasteiger partial charge in [0, 0.05) is 0 Å². The standard InChI is InChI=1S/Al.Bi.5H2O.O/h;;5*1H2;/q+3;+1;;;;;;/p-4. The number of hydrogen-bond acceptors (Lipinski definition) is 5. The minimum atomic E-state index is 0. The predicted molar refractivity (Wildman–Crippen MR) is 23.6 cm³/mol. The van der Waals surface area contributed by atoms with E-state index in [0.717, 1.165) is 0 Å². The summed E-state index contributed by atoms with van der Waals surface area (Å²) in [5, 5.41) is 0. The van der Waals surface area contributed by atoms with Crippen LogP contribution in [0.15, 0.2) is 0 Å². The van der Waals surface area contributed by atoms with Crippen LogP contribution in [0.3, 0.4) is 0 Å². The molecule has 6 nitrogen and oxygen atoms in total. The first-order valence-electron chi connectivity index (χ1n) is 0.183. The van der Waals surface area contributed by atoms with Crippen LogP contribution in [-0.4, -0.2) is 69.5 Å². The Labute approximate surface area is 72.2 Å². The van der Waals surface area contributed by atoms with E-state index in [2.05, 4.69) is 0 Å². The first kappa shape index (κ1) is 143. The molecule has 0 aliphatic rings. The van der Waals surface area contributed by atoms with Gasteiger partial charge in [-0.1, -0.05) is 0 Å². The summed E-state index contributed by atoms with van der Waals surface area (Å²) in [5.74, 6) is 0. The second-order valence-corrected chi connectivity index (χ2v) is 0.